The van der Waals surface area contributed by atoms with E-state index in [9.17, 15) is 22.8 Å². The summed E-state index contributed by atoms with van der Waals surface area (Å²) >= 11 is 1.84. The number of aryl methyl sites for hydroxylation is 1. The summed E-state index contributed by atoms with van der Waals surface area (Å²) in [6.45, 7) is 7.36. The number of aromatic amines is 1. The summed E-state index contributed by atoms with van der Waals surface area (Å²) in [4.78, 5) is 44.6. The van der Waals surface area contributed by atoms with Crippen LogP contribution in [0.25, 0.3) is 11.2 Å². The average molecular weight is 584 g/mol. The molecule has 3 N–H and O–H groups in total. The monoisotopic (exact) mass is 583 g/mol. The molecule has 0 radical (unpaired) electrons. The first-order chi connectivity index (χ1) is 19.0. The van der Waals surface area contributed by atoms with Gasteiger partial charge in [0, 0.05) is 24.9 Å². The van der Waals surface area contributed by atoms with Crippen LogP contribution in [0.1, 0.15) is 69.0 Å². The number of H-pyrrole nitrogens is 1. The minimum Gasteiger partial charge on any atom is -0.542 e. The zero-order chi connectivity index (χ0) is 29.0. The van der Waals surface area contributed by atoms with Gasteiger partial charge in [0.2, 0.25) is 0 Å². The lowest BCUT2D eigenvalue weighted by Crippen LogP contribution is -2.84. The fraction of sp³-hybridized carbons (Fsp3) is 0.630. The van der Waals surface area contributed by atoms with Crippen molar-refractivity contribution in [2.45, 2.75) is 84.1 Å². The van der Waals surface area contributed by atoms with E-state index in [0.717, 1.165) is 55.8 Å². The molecule has 2 unspecified atom stereocenters. The number of nitrogens with zero attached hydrogens (tertiary/aromatic N) is 3. The van der Waals surface area contributed by atoms with Gasteiger partial charge in [0.1, 0.15) is 23.9 Å². The zero-order valence-corrected chi connectivity index (χ0v) is 23.5. The molecule has 3 heterocycles. The quantitative estimate of drug-likeness (QED) is 0.400. The Bertz CT molecular complexity index is 1400. The molecule has 2 bridgehead atoms. The number of halogens is 3. The predicted molar refractivity (Wildman–Crippen MR) is 143 cm³/mol. The Balaban J connectivity index is 0.000000470. The maximum absolute atomic E-state index is 13.1. The number of imidazole rings is 1. The van der Waals surface area contributed by atoms with E-state index in [4.69, 9.17) is 14.9 Å². The highest BCUT2D eigenvalue weighted by molar-refractivity contribution is 7.09. The smallest absolute Gasteiger partial charge is 0.430 e. The van der Waals surface area contributed by atoms with Crippen molar-refractivity contribution >= 4 is 28.5 Å². The number of carboxylic acid groups (broad SMARTS) is 1. The number of thiophene rings is 1. The molecule has 0 aromatic carbocycles. The van der Waals surface area contributed by atoms with E-state index in [1.807, 2.05) is 18.3 Å². The maximum atomic E-state index is 13.1. The average Bonchev–Trinajstić information content (AvgIpc) is 3.63. The van der Waals surface area contributed by atoms with Gasteiger partial charge in [-0.05, 0) is 61.8 Å². The molecule has 5 rings (SSSR count). The summed E-state index contributed by atoms with van der Waals surface area (Å²) in [7, 11) is 0. The van der Waals surface area contributed by atoms with E-state index in [1.165, 1.54) is 28.8 Å². The van der Waals surface area contributed by atoms with E-state index in [0.29, 0.717) is 30.2 Å². The summed E-state index contributed by atoms with van der Waals surface area (Å²) in [5.41, 5.74) is 0.611. The van der Waals surface area contributed by atoms with Crippen molar-refractivity contribution < 1.29 is 28.4 Å². The van der Waals surface area contributed by atoms with Crippen molar-refractivity contribution in [2.24, 2.45) is 17.8 Å². The van der Waals surface area contributed by atoms with E-state index in [2.05, 4.69) is 34.7 Å². The van der Waals surface area contributed by atoms with Gasteiger partial charge in [0.15, 0.2) is 5.65 Å². The van der Waals surface area contributed by atoms with Crippen LogP contribution in [0.15, 0.2) is 27.1 Å². The molecule has 0 saturated heterocycles. The van der Waals surface area contributed by atoms with Crippen molar-refractivity contribution in [1.82, 2.24) is 19.1 Å². The van der Waals surface area contributed by atoms with Gasteiger partial charge in [0.05, 0.1) is 11.4 Å². The molecule has 3 aromatic heterocycles. The number of carbonyl (C=O) groups is 1. The Hall–Kier alpha value is -2.93. The minimum atomic E-state index is -5.19. The lowest BCUT2D eigenvalue weighted by atomic mass is 9.73. The number of aromatic nitrogens is 4. The summed E-state index contributed by atoms with van der Waals surface area (Å²) in [6.07, 6.45) is 1.28. The highest BCUT2D eigenvalue weighted by Gasteiger charge is 2.44. The molecule has 9 nitrogen and oxygen atoms in total. The Morgan fingerprint density at radius 2 is 1.77 bits per heavy atom. The summed E-state index contributed by atoms with van der Waals surface area (Å²) < 4.78 is 34.6. The molecule has 2 atom stereocenters. The van der Waals surface area contributed by atoms with Crippen molar-refractivity contribution in [3.8, 4) is 0 Å². The van der Waals surface area contributed by atoms with Gasteiger partial charge in [-0.3, -0.25) is 13.9 Å². The normalized spacial score (nSPS) is 22.3. The highest BCUT2D eigenvalue weighted by Crippen LogP contribution is 2.51. The van der Waals surface area contributed by atoms with Gasteiger partial charge < -0.3 is 20.2 Å². The molecule has 0 amide bonds. The van der Waals surface area contributed by atoms with Gasteiger partial charge in [0.25, 0.3) is 5.56 Å². The number of rotatable bonds is 9. The molecular weight excluding hydrogens is 547 g/mol. The summed E-state index contributed by atoms with van der Waals surface area (Å²) in [5.74, 6) is 0.511. The van der Waals surface area contributed by atoms with Gasteiger partial charge in [-0.25, -0.2) is 9.78 Å². The first kappa shape index (κ1) is 30.0. The second-order valence-corrected chi connectivity index (χ2v) is 11.8. The molecule has 220 valence electrons. The highest BCUT2D eigenvalue weighted by atomic mass is 32.1. The Labute approximate surface area is 233 Å². The van der Waals surface area contributed by atoms with E-state index < -0.39 is 12.1 Å². The van der Waals surface area contributed by atoms with Crippen molar-refractivity contribution in [2.75, 3.05) is 6.54 Å². The van der Waals surface area contributed by atoms with Crippen LogP contribution < -0.4 is 21.7 Å². The van der Waals surface area contributed by atoms with Gasteiger partial charge in [-0.1, -0.05) is 19.9 Å². The third kappa shape index (κ3) is 6.51. The first-order valence-electron chi connectivity index (χ1n) is 13.9. The Morgan fingerprint density at radius 3 is 2.33 bits per heavy atom. The largest absolute Gasteiger partial charge is 0.542 e. The topological polar surface area (TPSA) is 129 Å². The molecule has 3 aromatic rings. The minimum absolute atomic E-state index is 0.220. The summed E-state index contributed by atoms with van der Waals surface area (Å²) in [5, 5.41) is 13.4. The predicted octanol–water partition coefficient (Wildman–Crippen LogP) is 2.35. The molecule has 40 heavy (non-hydrogen) atoms. The number of carboxylic acids is 1. The standard InChI is InChI=1S/C25H35N5O2S.C2HF3O2/c1-3-9-29-23-21(24(31)30(10-4-2)25(29)32)27-22(28-23)18-12-16-7-8-17(13-18)20(16)15-26-14-19-6-5-11-33-19;3-2(4,5)1(6)7/h5-6,11,16-18,20,26H,3-4,7-10,12-15H2,1-2H3,(H,27,28);(H,6,7). The first-order valence-corrected chi connectivity index (χ1v) is 14.8. The van der Waals surface area contributed by atoms with Crippen LogP contribution in [0.5, 0.6) is 0 Å². The summed E-state index contributed by atoms with van der Waals surface area (Å²) in [6, 6.07) is 4.36. The van der Waals surface area contributed by atoms with Crippen molar-refractivity contribution in [3.05, 3.63) is 49.1 Å². The number of fused-ring (bicyclic) bond motifs is 3. The molecule has 2 aliphatic carbocycles. The molecule has 0 spiro atoms. The molecular formula is C27H36F3N5O4S. The van der Waals surface area contributed by atoms with Crippen LogP contribution in [0.4, 0.5) is 13.2 Å². The zero-order valence-electron chi connectivity index (χ0n) is 22.7. The van der Waals surface area contributed by atoms with E-state index in [-0.39, 0.29) is 11.2 Å². The van der Waals surface area contributed by atoms with Gasteiger partial charge >= 0.3 is 11.9 Å². The number of quaternary nitrogens is 1. The van der Waals surface area contributed by atoms with Crippen LogP contribution in [0.2, 0.25) is 0 Å². The molecule has 13 heteroatoms. The molecule has 2 aliphatic rings. The number of aliphatic carboxylic acids is 1. The lowest BCUT2D eigenvalue weighted by molar-refractivity contribution is -0.677. The van der Waals surface area contributed by atoms with Crippen molar-refractivity contribution in [3.63, 3.8) is 0 Å². The number of nitrogens with one attached hydrogen (secondary N) is 1. The second kappa shape index (κ2) is 12.7. The third-order valence-corrected chi connectivity index (χ3v) is 8.95. The third-order valence-electron chi connectivity index (χ3n) is 8.05. The number of hydrogen-bond acceptors (Lipinski definition) is 6. The number of carbonyl (C=O) groups excluding carboxylic acids is 1. The van der Waals surface area contributed by atoms with Crippen LogP contribution in [0, 0.1) is 17.8 Å². The fourth-order valence-electron chi connectivity index (χ4n) is 6.33. The number of hydrogen-bond donors (Lipinski definition) is 2. The number of alkyl halides is 3. The second-order valence-electron chi connectivity index (χ2n) is 10.7. The van der Waals surface area contributed by atoms with Crippen LogP contribution in [-0.2, 0) is 24.4 Å². The van der Waals surface area contributed by atoms with E-state index >= 15 is 0 Å². The Morgan fingerprint density at radius 1 is 1.15 bits per heavy atom. The molecule has 0 aliphatic heterocycles. The van der Waals surface area contributed by atoms with Gasteiger partial charge in [-0.15, -0.1) is 11.3 Å². The number of nitrogens with two attached hydrogens (primary N) is 1. The van der Waals surface area contributed by atoms with Crippen LogP contribution in [-0.4, -0.2) is 37.8 Å². The van der Waals surface area contributed by atoms with Crippen LogP contribution in [0.3, 0.4) is 0 Å². The van der Waals surface area contributed by atoms with E-state index in [1.54, 1.807) is 4.57 Å². The molecule has 2 saturated carbocycles. The van der Waals surface area contributed by atoms with Crippen molar-refractivity contribution in [1.29, 1.82) is 0 Å². The van der Waals surface area contributed by atoms with Crippen LogP contribution >= 0.6 is 11.3 Å². The molecule has 2 fully saturated rings. The van der Waals surface area contributed by atoms with Gasteiger partial charge in [-0.2, -0.15) is 13.2 Å². The SMILES string of the molecule is CCCn1c(=O)c2[nH]c(C3CC4CCC(C3)C4C[NH2+]Cc3cccs3)nc2n(CCC)c1=O.O=C([O-])C(F)(F)F. The fourth-order valence-corrected chi connectivity index (χ4v) is 7.04. The maximum Gasteiger partial charge on any atom is 0.430 e. The Kier molecular flexibility index (Phi) is 9.55. The lowest BCUT2D eigenvalue weighted by Gasteiger charge is -2.33.